The Morgan fingerprint density at radius 1 is 0.955 bits per heavy atom. The topological polar surface area (TPSA) is 76.1 Å². The molecule has 1 aromatic heterocycles. The third-order valence-corrected chi connectivity index (χ3v) is 8.96. The number of thiazole rings is 1. The fourth-order valence-electron chi connectivity index (χ4n) is 5.25. The van der Waals surface area contributed by atoms with Gasteiger partial charge in [-0.2, -0.15) is 0 Å². The molecule has 0 saturated heterocycles. The van der Waals surface area contributed by atoms with E-state index in [0.717, 1.165) is 66.8 Å². The number of nitrogens with zero attached hydrogens (tertiary/aromatic N) is 1. The van der Waals surface area contributed by atoms with Crippen molar-refractivity contribution < 1.29 is 28.5 Å². The quantitative estimate of drug-likeness (QED) is 0.0518. The second-order valence-electron chi connectivity index (χ2n) is 11.1. The Kier molecular flexibility index (Phi) is 15.1. The normalized spacial score (nSPS) is 16.8. The minimum atomic E-state index is -0.160. The predicted molar refractivity (Wildman–Crippen MR) is 173 cm³/mol. The van der Waals surface area contributed by atoms with Crippen molar-refractivity contribution in [3.8, 4) is 0 Å². The molecule has 1 heterocycles. The zero-order valence-electron chi connectivity index (χ0n) is 26.2. The molecule has 1 aliphatic rings. The zero-order chi connectivity index (χ0) is 30.8. The molecule has 0 aliphatic heterocycles. The Bertz CT molecular complexity index is 1250. The van der Waals surface area contributed by atoms with Crippen LogP contribution >= 0.6 is 11.3 Å². The summed E-state index contributed by atoms with van der Waals surface area (Å²) in [7, 11) is 1.43. The van der Waals surface area contributed by atoms with Crippen molar-refractivity contribution in [1.29, 1.82) is 0 Å². The van der Waals surface area contributed by atoms with Crippen molar-refractivity contribution in [3.63, 3.8) is 0 Å². The van der Waals surface area contributed by atoms with Crippen LogP contribution in [0.5, 0.6) is 0 Å². The van der Waals surface area contributed by atoms with E-state index >= 15 is 0 Å². The lowest BCUT2D eigenvalue weighted by atomic mass is 10.0. The average Bonchev–Trinajstić information content (AvgIpc) is 3.60. The molecule has 238 valence electrons. The van der Waals surface area contributed by atoms with Crippen molar-refractivity contribution in [2.24, 2.45) is 0 Å². The molecule has 0 spiro atoms. The van der Waals surface area contributed by atoms with E-state index in [1.807, 2.05) is 36.4 Å². The van der Waals surface area contributed by atoms with E-state index in [-0.39, 0.29) is 37.7 Å². The molecule has 0 saturated carbocycles. The molecule has 2 aromatic carbocycles. The molecule has 0 fully saturated rings. The monoisotopic (exact) mass is 621 g/mol. The van der Waals surface area contributed by atoms with Crippen LogP contribution in [0.4, 0.5) is 0 Å². The molecule has 4 rings (SSSR count). The van der Waals surface area contributed by atoms with Gasteiger partial charge in [-0.1, -0.05) is 99.0 Å². The molecule has 0 N–H and O–H groups in total. The number of rotatable bonds is 21. The van der Waals surface area contributed by atoms with Crippen LogP contribution < -0.4 is 0 Å². The second-order valence-corrected chi connectivity index (χ2v) is 12.2. The van der Waals surface area contributed by atoms with Gasteiger partial charge in [0.25, 0.3) is 0 Å². The van der Waals surface area contributed by atoms with Gasteiger partial charge in [0.15, 0.2) is 0 Å². The first kappa shape index (κ1) is 34.0. The highest BCUT2D eigenvalue weighted by atomic mass is 32.1. The third-order valence-electron chi connectivity index (χ3n) is 7.70. The summed E-state index contributed by atoms with van der Waals surface area (Å²) in [6.07, 6.45) is 12.5. The fourth-order valence-corrected chi connectivity index (χ4v) is 6.52. The molecular formula is C36H47NO6S. The van der Waals surface area contributed by atoms with Crippen LogP contribution in [-0.2, 0) is 54.5 Å². The van der Waals surface area contributed by atoms with E-state index in [9.17, 15) is 4.79 Å². The molecular weight excluding hydrogens is 574 g/mol. The molecule has 44 heavy (non-hydrogen) atoms. The van der Waals surface area contributed by atoms with Crippen LogP contribution in [0.1, 0.15) is 84.5 Å². The van der Waals surface area contributed by atoms with E-state index < -0.39 is 0 Å². The number of unbranched alkanes of at least 4 members (excludes halogenated alkanes) is 3. The standard InChI is InChI=1S/C36H47NO6S/c1-3-4-7-18-30(42-26-40-24-28-14-8-5-9-15-28)21-22-31-33(43-27-41-25-29-16-10-6-11-17-29)23-32-36(31)44-34(37-32)19-12-13-20-35(38)39-2/h5-6,8-11,14-17,21-22,30-31,33H,3-4,7,12-13,18-20,23-27H2,1-2H3/b22-21+/t30?,31-,33+/m0/s1. The minimum absolute atomic E-state index is 0.0398. The maximum absolute atomic E-state index is 11.5. The van der Waals surface area contributed by atoms with Crippen molar-refractivity contribution in [1.82, 2.24) is 4.98 Å². The minimum Gasteiger partial charge on any atom is -0.469 e. The van der Waals surface area contributed by atoms with Gasteiger partial charge in [0, 0.05) is 23.6 Å². The molecule has 0 bridgehead atoms. The number of carbonyl (C=O) groups excluding carboxylic acids is 1. The number of benzene rings is 2. The molecule has 1 aliphatic carbocycles. The van der Waals surface area contributed by atoms with E-state index in [0.29, 0.717) is 19.6 Å². The van der Waals surface area contributed by atoms with E-state index in [1.165, 1.54) is 18.4 Å². The van der Waals surface area contributed by atoms with Gasteiger partial charge in [-0.25, -0.2) is 4.98 Å². The predicted octanol–water partition coefficient (Wildman–Crippen LogP) is 7.92. The van der Waals surface area contributed by atoms with Gasteiger partial charge in [-0.3, -0.25) is 4.79 Å². The molecule has 3 atom stereocenters. The van der Waals surface area contributed by atoms with Gasteiger partial charge >= 0.3 is 5.97 Å². The zero-order valence-corrected chi connectivity index (χ0v) is 27.0. The summed E-state index contributed by atoms with van der Waals surface area (Å²) in [5.41, 5.74) is 3.36. The lowest BCUT2D eigenvalue weighted by Gasteiger charge is -2.20. The Hall–Kier alpha value is -2.88. The number of aryl methyl sites for hydroxylation is 1. The summed E-state index contributed by atoms with van der Waals surface area (Å²) in [4.78, 5) is 17.7. The highest BCUT2D eigenvalue weighted by molar-refractivity contribution is 7.11. The molecule has 0 amide bonds. The molecule has 8 heteroatoms. The largest absolute Gasteiger partial charge is 0.469 e. The van der Waals surface area contributed by atoms with Crippen molar-refractivity contribution in [2.75, 3.05) is 20.7 Å². The lowest BCUT2D eigenvalue weighted by molar-refractivity contribution is -0.140. The Labute approximate surface area is 266 Å². The highest BCUT2D eigenvalue weighted by Crippen LogP contribution is 2.40. The lowest BCUT2D eigenvalue weighted by Crippen LogP contribution is -2.20. The summed E-state index contributed by atoms with van der Waals surface area (Å²) < 4.78 is 29.0. The number of carbonyl (C=O) groups is 1. The van der Waals surface area contributed by atoms with Gasteiger partial charge in [0.2, 0.25) is 0 Å². The van der Waals surface area contributed by atoms with Gasteiger partial charge < -0.3 is 23.7 Å². The number of aromatic nitrogens is 1. The number of hydrogen-bond donors (Lipinski definition) is 0. The first-order valence-electron chi connectivity index (χ1n) is 15.9. The van der Waals surface area contributed by atoms with Crippen molar-refractivity contribution in [2.45, 2.75) is 96.1 Å². The van der Waals surface area contributed by atoms with Crippen LogP contribution in [0.15, 0.2) is 72.8 Å². The maximum atomic E-state index is 11.5. The maximum Gasteiger partial charge on any atom is 0.305 e. The first-order valence-corrected chi connectivity index (χ1v) is 16.7. The fraction of sp³-hybridized carbons (Fsp3) is 0.500. The highest BCUT2D eigenvalue weighted by Gasteiger charge is 2.35. The van der Waals surface area contributed by atoms with Crippen molar-refractivity contribution in [3.05, 3.63) is 99.5 Å². The van der Waals surface area contributed by atoms with Crippen LogP contribution in [0.2, 0.25) is 0 Å². The van der Waals surface area contributed by atoms with Crippen LogP contribution in [0, 0.1) is 0 Å². The summed E-state index contributed by atoms with van der Waals surface area (Å²) >= 11 is 1.76. The molecule has 7 nitrogen and oxygen atoms in total. The Morgan fingerprint density at radius 2 is 1.66 bits per heavy atom. The summed E-state index contributed by atoms with van der Waals surface area (Å²) in [6.45, 7) is 3.73. The Balaban J connectivity index is 1.37. The van der Waals surface area contributed by atoms with Gasteiger partial charge in [-0.15, -0.1) is 11.3 Å². The molecule has 1 unspecified atom stereocenters. The van der Waals surface area contributed by atoms with Crippen molar-refractivity contribution >= 4 is 17.3 Å². The van der Waals surface area contributed by atoms with E-state index in [2.05, 4.69) is 43.3 Å². The van der Waals surface area contributed by atoms with Crippen LogP contribution in [-0.4, -0.2) is 43.9 Å². The Morgan fingerprint density at radius 3 is 2.34 bits per heavy atom. The SMILES string of the molecule is CCCCCC(/C=C/[C@@H]1c2sc(CCCCC(=O)OC)nc2C[C@H]1OCOCc1ccccc1)OCOCc1ccccc1. The molecule has 3 aromatic rings. The smallest absolute Gasteiger partial charge is 0.305 e. The van der Waals surface area contributed by atoms with Gasteiger partial charge in [0.1, 0.15) is 13.6 Å². The average molecular weight is 622 g/mol. The first-order chi connectivity index (χ1) is 21.7. The summed E-state index contributed by atoms with van der Waals surface area (Å²) in [5.74, 6) is -0.0818. The van der Waals surface area contributed by atoms with Crippen LogP contribution in [0.25, 0.3) is 0 Å². The third kappa shape index (κ3) is 11.6. The van der Waals surface area contributed by atoms with E-state index in [4.69, 9.17) is 28.7 Å². The van der Waals surface area contributed by atoms with Gasteiger partial charge in [0.05, 0.1) is 43.2 Å². The van der Waals surface area contributed by atoms with E-state index in [1.54, 1.807) is 11.3 Å². The number of methoxy groups -OCH3 is 1. The number of esters is 1. The number of hydrogen-bond acceptors (Lipinski definition) is 8. The number of fused-ring (bicyclic) bond motifs is 1. The number of ether oxygens (including phenoxy) is 5. The molecule has 0 radical (unpaired) electrons. The second kappa shape index (κ2) is 19.5. The summed E-state index contributed by atoms with van der Waals surface area (Å²) in [6, 6.07) is 20.3. The van der Waals surface area contributed by atoms with Crippen LogP contribution in [0.3, 0.4) is 0 Å². The van der Waals surface area contributed by atoms with Gasteiger partial charge in [-0.05, 0) is 36.8 Å². The summed E-state index contributed by atoms with van der Waals surface area (Å²) in [5, 5.41) is 1.11.